The van der Waals surface area contributed by atoms with Gasteiger partial charge >= 0.3 is 0 Å². The van der Waals surface area contributed by atoms with E-state index in [4.69, 9.17) is 25.4 Å². The lowest BCUT2D eigenvalue weighted by Gasteiger charge is -2.22. The zero-order valence-electron chi connectivity index (χ0n) is 12.7. The summed E-state index contributed by atoms with van der Waals surface area (Å²) in [6.07, 6.45) is 0.826. The number of benzene rings is 1. The number of amidine groups is 1. The van der Waals surface area contributed by atoms with Gasteiger partial charge < -0.3 is 19.9 Å². The van der Waals surface area contributed by atoms with Crippen molar-refractivity contribution in [1.82, 2.24) is 0 Å². The molecule has 1 aromatic carbocycles. The third-order valence-corrected chi connectivity index (χ3v) is 3.23. The molecule has 0 aliphatic rings. The maximum absolute atomic E-state index is 7.46. The van der Waals surface area contributed by atoms with Crippen molar-refractivity contribution < 1.29 is 14.2 Å². The van der Waals surface area contributed by atoms with Crippen LogP contribution in [0.5, 0.6) is 5.75 Å². The van der Waals surface area contributed by atoms with Crippen LogP contribution in [0.25, 0.3) is 0 Å². The first-order valence-corrected chi connectivity index (χ1v) is 6.54. The SMILES string of the molecule is COc1cc(COCCC(C)(C)OC)ccc1C(=N)N. The van der Waals surface area contributed by atoms with E-state index in [-0.39, 0.29) is 11.4 Å². The molecule has 0 heterocycles. The van der Waals surface area contributed by atoms with Crippen LogP contribution in [0.4, 0.5) is 0 Å². The molecular weight excluding hydrogens is 256 g/mol. The quantitative estimate of drug-likeness (QED) is 0.435. The van der Waals surface area contributed by atoms with E-state index in [1.54, 1.807) is 20.3 Å². The largest absolute Gasteiger partial charge is 0.496 e. The lowest BCUT2D eigenvalue weighted by atomic mass is 10.1. The summed E-state index contributed by atoms with van der Waals surface area (Å²) < 4.78 is 16.2. The predicted octanol–water partition coefficient (Wildman–Crippen LogP) is 2.31. The summed E-state index contributed by atoms with van der Waals surface area (Å²) in [6.45, 7) is 5.17. The Morgan fingerprint density at radius 3 is 2.55 bits per heavy atom. The molecule has 5 nitrogen and oxygen atoms in total. The summed E-state index contributed by atoms with van der Waals surface area (Å²) >= 11 is 0. The minimum atomic E-state index is -0.170. The Morgan fingerprint density at radius 2 is 2.00 bits per heavy atom. The van der Waals surface area contributed by atoms with E-state index >= 15 is 0 Å². The summed E-state index contributed by atoms with van der Waals surface area (Å²) in [6, 6.07) is 5.51. The van der Waals surface area contributed by atoms with E-state index in [0.29, 0.717) is 24.5 Å². The molecule has 0 atom stereocenters. The standard InChI is InChI=1S/C15H24N2O3/c1-15(2,19-4)7-8-20-10-11-5-6-12(14(16)17)13(9-11)18-3/h5-6,9H,7-8,10H2,1-4H3,(H3,16,17). The molecule has 0 unspecified atom stereocenters. The van der Waals surface area contributed by atoms with Crippen molar-refractivity contribution in [1.29, 1.82) is 5.41 Å². The molecule has 1 rings (SSSR count). The maximum atomic E-state index is 7.46. The number of nitrogens with one attached hydrogen (secondary N) is 1. The van der Waals surface area contributed by atoms with E-state index in [0.717, 1.165) is 12.0 Å². The Hall–Kier alpha value is -1.59. The second kappa shape index (κ2) is 7.26. The molecule has 112 valence electrons. The topological polar surface area (TPSA) is 77.6 Å². The third-order valence-electron chi connectivity index (χ3n) is 3.23. The molecule has 0 fully saturated rings. The second-order valence-corrected chi connectivity index (χ2v) is 5.21. The third kappa shape index (κ3) is 4.83. The van der Waals surface area contributed by atoms with Crippen molar-refractivity contribution in [2.75, 3.05) is 20.8 Å². The molecule has 0 saturated carbocycles. The number of hydrogen-bond donors (Lipinski definition) is 2. The molecule has 5 heteroatoms. The highest BCUT2D eigenvalue weighted by Gasteiger charge is 2.15. The first-order valence-electron chi connectivity index (χ1n) is 6.54. The molecule has 0 aliphatic carbocycles. The van der Waals surface area contributed by atoms with Gasteiger partial charge in [-0.1, -0.05) is 6.07 Å². The van der Waals surface area contributed by atoms with Gasteiger partial charge in [0.2, 0.25) is 0 Å². The van der Waals surface area contributed by atoms with Crippen molar-refractivity contribution in [3.63, 3.8) is 0 Å². The van der Waals surface area contributed by atoms with Crippen molar-refractivity contribution in [2.24, 2.45) is 5.73 Å². The van der Waals surface area contributed by atoms with Gasteiger partial charge in [-0.25, -0.2) is 0 Å². The first-order chi connectivity index (χ1) is 9.39. The van der Waals surface area contributed by atoms with Gasteiger partial charge in [-0.2, -0.15) is 0 Å². The summed E-state index contributed by atoms with van der Waals surface area (Å²) in [7, 11) is 3.26. The summed E-state index contributed by atoms with van der Waals surface area (Å²) in [4.78, 5) is 0. The highest BCUT2D eigenvalue weighted by Crippen LogP contribution is 2.20. The Bertz CT molecular complexity index is 458. The number of ether oxygens (including phenoxy) is 3. The minimum absolute atomic E-state index is 0.00355. The highest BCUT2D eigenvalue weighted by atomic mass is 16.5. The molecule has 0 aliphatic heterocycles. The Morgan fingerprint density at radius 1 is 1.30 bits per heavy atom. The Labute approximate surface area is 120 Å². The zero-order valence-corrected chi connectivity index (χ0v) is 12.7. The van der Waals surface area contributed by atoms with Gasteiger partial charge in [-0.05, 0) is 38.0 Å². The number of nitrogens with two attached hydrogens (primary N) is 1. The number of rotatable bonds is 8. The normalized spacial score (nSPS) is 11.4. The van der Waals surface area contributed by atoms with Crippen LogP contribution in [0.2, 0.25) is 0 Å². The van der Waals surface area contributed by atoms with Crippen LogP contribution < -0.4 is 10.5 Å². The molecule has 0 spiro atoms. The highest BCUT2D eigenvalue weighted by molar-refractivity contribution is 5.97. The fourth-order valence-electron chi connectivity index (χ4n) is 1.66. The molecular formula is C15H24N2O3. The summed E-state index contributed by atoms with van der Waals surface area (Å²) in [5.74, 6) is 0.590. The molecule has 0 amide bonds. The van der Waals surface area contributed by atoms with Gasteiger partial charge in [-0.15, -0.1) is 0 Å². The van der Waals surface area contributed by atoms with Gasteiger partial charge in [0.05, 0.1) is 24.9 Å². The lowest BCUT2D eigenvalue weighted by molar-refractivity contribution is -0.0124. The fraction of sp³-hybridized carbons (Fsp3) is 0.533. The van der Waals surface area contributed by atoms with Crippen LogP contribution >= 0.6 is 0 Å². The van der Waals surface area contributed by atoms with Crippen LogP contribution in [-0.4, -0.2) is 32.3 Å². The van der Waals surface area contributed by atoms with Crippen LogP contribution in [-0.2, 0) is 16.1 Å². The van der Waals surface area contributed by atoms with Gasteiger partial charge in [0.1, 0.15) is 11.6 Å². The van der Waals surface area contributed by atoms with Crippen molar-refractivity contribution in [2.45, 2.75) is 32.5 Å². The Balaban J connectivity index is 2.55. The first kappa shape index (κ1) is 16.5. The minimum Gasteiger partial charge on any atom is -0.496 e. The fourth-order valence-corrected chi connectivity index (χ4v) is 1.66. The van der Waals surface area contributed by atoms with Gasteiger partial charge in [0.25, 0.3) is 0 Å². The van der Waals surface area contributed by atoms with Gasteiger partial charge in [-0.3, -0.25) is 5.41 Å². The van der Waals surface area contributed by atoms with Gasteiger partial charge in [0, 0.05) is 13.7 Å². The number of hydrogen-bond acceptors (Lipinski definition) is 4. The molecule has 0 aromatic heterocycles. The number of nitrogen functional groups attached to an aromatic ring is 1. The number of methoxy groups -OCH3 is 2. The average Bonchev–Trinajstić information content (AvgIpc) is 2.43. The second-order valence-electron chi connectivity index (χ2n) is 5.21. The zero-order chi connectivity index (χ0) is 15.2. The predicted molar refractivity (Wildman–Crippen MR) is 79.4 cm³/mol. The molecule has 1 aromatic rings. The van der Waals surface area contributed by atoms with E-state index in [2.05, 4.69) is 0 Å². The van der Waals surface area contributed by atoms with Crippen LogP contribution in [0, 0.1) is 5.41 Å². The van der Waals surface area contributed by atoms with Gasteiger partial charge in [0.15, 0.2) is 0 Å². The van der Waals surface area contributed by atoms with Crippen LogP contribution in [0.3, 0.4) is 0 Å². The molecule has 20 heavy (non-hydrogen) atoms. The molecule has 3 N–H and O–H groups in total. The summed E-state index contributed by atoms with van der Waals surface area (Å²) in [5.41, 5.74) is 6.89. The lowest BCUT2D eigenvalue weighted by Crippen LogP contribution is -2.24. The molecule has 0 saturated heterocycles. The monoisotopic (exact) mass is 280 g/mol. The van der Waals surface area contributed by atoms with E-state index in [1.165, 1.54) is 0 Å². The molecule has 0 bridgehead atoms. The Kier molecular flexibility index (Phi) is 5.98. The van der Waals surface area contributed by atoms with Crippen molar-refractivity contribution >= 4 is 5.84 Å². The maximum Gasteiger partial charge on any atom is 0.130 e. The van der Waals surface area contributed by atoms with E-state index < -0.39 is 0 Å². The van der Waals surface area contributed by atoms with E-state index in [1.807, 2.05) is 26.0 Å². The van der Waals surface area contributed by atoms with Crippen LogP contribution in [0.15, 0.2) is 18.2 Å². The van der Waals surface area contributed by atoms with Crippen molar-refractivity contribution in [3.05, 3.63) is 29.3 Å². The summed E-state index contributed by atoms with van der Waals surface area (Å²) in [5, 5.41) is 7.46. The smallest absolute Gasteiger partial charge is 0.130 e. The van der Waals surface area contributed by atoms with Crippen LogP contribution in [0.1, 0.15) is 31.4 Å². The average molecular weight is 280 g/mol. The van der Waals surface area contributed by atoms with Crippen molar-refractivity contribution in [3.8, 4) is 5.75 Å². The molecule has 0 radical (unpaired) electrons. The van der Waals surface area contributed by atoms with E-state index in [9.17, 15) is 0 Å².